The van der Waals surface area contributed by atoms with E-state index < -0.39 is 0 Å². The van der Waals surface area contributed by atoms with Crippen LogP contribution in [0.15, 0.2) is 30.3 Å². The summed E-state index contributed by atoms with van der Waals surface area (Å²) in [6.45, 7) is 5.92. The van der Waals surface area contributed by atoms with E-state index in [9.17, 15) is 4.79 Å². The van der Waals surface area contributed by atoms with E-state index in [0.717, 1.165) is 11.3 Å². The zero-order valence-corrected chi connectivity index (χ0v) is 12.4. The number of carbonyl (C=O) groups excluding carboxylic acids is 1. The Morgan fingerprint density at radius 1 is 1.30 bits per heavy atom. The van der Waals surface area contributed by atoms with Crippen LogP contribution in [-0.2, 0) is 9.53 Å². The zero-order valence-electron chi connectivity index (χ0n) is 11.7. The predicted molar refractivity (Wildman–Crippen MR) is 80.3 cm³/mol. The summed E-state index contributed by atoms with van der Waals surface area (Å²) in [5, 5.41) is 7.41. The van der Waals surface area contributed by atoms with Gasteiger partial charge in [0.05, 0.1) is 5.69 Å². The Labute approximate surface area is 123 Å². The van der Waals surface area contributed by atoms with Crippen LogP contribution in [0.4, 0.5) is 5.82 Å². The fraction of sp³-hybridized carbons (Fsp3) is 0.286. The number of halogens is 1. The maximum Gasteiger partial charge on any atom is 0.293 e. The zero-order chi connectivity index (χ0) is 15.2. The number of hydrogen-bond donors (Lipinski definition) is 2. The van der Waals surface area contributed by atoms with Crippen molar-refractivity contribution < 1.29 is 9.53 Å². The van der Waals surface area contributed by atoms with Crippen molar-refractivity contribution in [3.63, 3.8) is 0 Å². The number of anilines is 1. The van der Waals surface area contributed by atoms with E-state index in [1.807, 2.05) is 45.0 Å². The van der Waals surface area contributed by atoms with Crippen molar-refractivity contribution in [2.75, 3.05) is 5.73 Å². The van der Waals surface area contributed by atoms with Crippen molar-refractivity contribution >= 4 is 23.9 Å². The Hall–Kier alpha value is -2.01. The minimum atomic E-state index is -0.318. The minimum absolute atomic E-state index is 0.318. The minimum Gasteiger partial charge on any atom is -0.462 e. The van der Waals surface area contributed by atoms with Gasteiger partial charge in [0.1, 0.15) is 11.4 Å². The van der Waals surface area contributed by atoms with E-state index in [0.29, 0.717) is 17.3 Å². The van der Waals surface area contributed by atoms with Gasteiger partial charge >= 0.3 is 0 Å². The second-order valence-corrected chi connectivity index (χ2v) is 5.48. The average molecular weight is 296 g/mol. The monoisotopic (exact) mass is 295 g/mol. The third-order valence-corrected chi connectivity index (χ3v) is 2.39. The van der Waals surface area contributed by atoms with Crippen molar-refractivity contribution in [3.05, 3.63) is 35.4 Å². The number of benzene rings is 1. The van der Waals surface area contributed by atoms with E-state index in [-0.39, 0.29) is 5.60 Å². The number of hydrogen-bond acceptors (Lipinski definition) is 4. The number of rotatable bonds is 2. The predicted octanol–water partition coefficient (Wildman–Crippen LogP) is 3.27. The Morgan fingerprint density at radius 2 is 1.90 bits per heavy atom. The first kappa shape index (κ1) is 16.0. The van der Waals surface area contributed by atoms with Crippen molar-refractivity contribution in [2.24, 2.45) is 0 Å². The molecule has 1 aromatic carbocycles. The van der Waals surface area contributed by atoms with E-state index >= 15 is 0 Å². The topological polar surface area (TPSA) is 81.0 Å². The number of aromatic amines is 1. The molecular formula is C14H18ClN3O2. The van der Waals surface area contributed by atoms with Crippen LogP contribution in [0.5, 0.6) is 0 Å². The molecule has 0 aliphatic rings. The second-order valence-electron chi connectivity index (χ2n) is 5.04. The third kappa shape index (κ3) is 5.75. The molecule has 5 nitrogen and oxygen atoms in total. The Bertz CT molecular complexity index is 544. The van der Waals surface area contributed by atoms with Crippen LogP contribution in [0, 0.1) is 0 Å². The lowest BCUT2D eigenvalue weighted by molar-refractivity contribution is -0.138. The van der Waals surface area contributed by atoms with Gasteiger partial charge in [-0.2, -0.15) is 5.10 Å². The molecule has 0 aliphatic carbocycles. The van der Waals surface area contributed by atoms with Crippen molar-refractivity contribution in [1.82, 2.24) is 10.2 Å². The maximum atomic E-state index is 9.60. The number of H-pyrrole nitrogens is 1. The number of ether oxygens (including phenoxy) is 1. The van der Waals surface area contributed by atoms with E-state index in [4.69, 9.17) is 17.3 Å². The summed E-state index contributed by atoms with van der Waals surface area (Å²) in [4.78, 5) is 9.60. The van der Waals surface area contributed by atoms with Gasteiger partial charge in [0.25, 0.3) is 6.47 Å². The van der Waals surface area contributed by atoms with Crippen LogP contribution in [0.25, 0.3) is 11.3 Å². The molecule has 3 N–H and O–H groups in total. The third-order valence-electron chi connectivity index (χ3n) is 2.14. The normalized spacial score (nSPS) is 10.4. The van der Waals surface area contributed by atoms with Gasteiger partial charge in [-0.1, -0.05) is 23.7 Å². The summed E-state index contributed by atoms with van der Waals surface area (Å²) >= 11 is 5.75. The lowest BCUT2D eigenvalue weighted by atomic mass is 10.1. The number of nitrogen functional groups attached to an aromatic ring is 1. The fourth-order valence-corrected chi connectivity index (χ4v) is 1.38. The number of nitrogens with one attached hydrogen (secondary N) is 1. The van der Waals surface area contributed by atoms with E-state index in [1.54, 1.807) is 6.07 Å². The first-order chi connectivity index (χ1) is 9.31. The number of nitrogens with zero attached hydrogens (tertiary/aromatic N) is 1. The number of nitrogens with two attached hydrogens (primary N) is 1. The Balaban J connectivity index is 0.000000246. The SMILES string of the molecule is CC(C)(C)OC=O.Nc1cc(-c2ccc(Cl)cc2)n[nH]1. The van der Waals surface area contributed by atoms with Gasteiger partial charge in [-0.05, 0) is 32.9 Å². The molecule has 0 fully saturated rings. The van der Waals surface area contributed by atoms with Gasteiger partial charge in [0.15, 0.2) is 0 Å². The van der Waals surface area contributed by atoms with Crippen LogP contribution in [-0.4, -0.2) is 22.3 Å². The molecule has 0 bridgehead atoms. The first-order valence-electron chi connectivity index (χ1n) is 6.00. The molecule has 6 heteroatoms. The van der Waals surface area contributed by atoms with Crippen LogP contribution in [0.3, 0.4) is 0 Å². The molecule has 0 atom stereocenters. The smallest absolute Gasteiger partial charge is 0.293 e. The number of aromatic nitrogens is 2. The Morgan fingerprint density at radius 3 is 2.25 bits per heavy atom. The van der Waals surface area contributed by atoms with E-state index in [2.05, 4.69) is 14.9 Å². The van der Waals surface area contributed by atoms with Gasteiger partial charge in [0.2, 0.25) is 0 Å². The second kappa shape index (κ2) is 6.96. The highest BCUT2D eigenvalue weighted by molar-refractivity contribution is 6.30. The van der Waals surface area contributed by atoms with Crippen molar-refractivity contribution in [1.29, 1.82) is 0 Å². The lowest BCUT2D eigenvalue weighted by Gasteiger charge is -2.14. The molecule has 0 amide bonds. The molecule has 0 aliphatic heterocycles. The van der Waals surface area contributed by atoms with Gasteiger partial charge < -0.3 is 10.5 Å². The fourth-order valence-electron chi connectivity index (χ4n) is 1.25. The van der Waals surface area contributed by atoms with Gasteiger partial charge in [0, 0.05) is 16.7 Å². The largest absolute Gasteiger partial charge is 0.462 e. The molecule has 2 rings (SSSR count). The molecule has 0 saturated heterocycles. The van der Waals surface area contributed by atoms with Gasteiger partial charge in [-0.25, -0.2) is 0 Å². The molecule has 20 heavy (non-hydrogen) atoms. The highest BCUT2D eigenvalue weighted by Gasteiger charge is 2.07. The molecule has 2 aromatic rings. The molecule has 0 spiro atoms. The van der Waals surface area contributed by atoms with Crippen LogP contribution < -0.4 is 5.73 Å². The quantitative estimate of drug-likeness (QED) is 0.833. The van der Waals surface area contributed by atoms with E-state index in [1.165, 1.54) is 0 Å². The molecule has 1 heterocycles. The van der Waals surface area contributed by atoms with Gasteiger partial charge in [-0.15, -0.1) is 0 Å². The summed E-state index contributed by atoms with van der Waals surface area (Å²) in [5.41, 5.74) is 7.01. The Kier molecular flexibility index (Phi) is 5.58. The molecule has 0 radical (unpaired) electrons. The molecular weight excluding hydrogens is 278 g/mol. The van der Waals surface area contributed by atoms with Gasteiger partial charge in [-0.3, -0.25) is 9.89 Å². The molecule has 1 aromatic heterocycles. The summed E-state index contributed by atoms with van der Waals surface area (Å²) in [6, 6.07) is 9.22. The molecule has 0 saturated carbocycles. The highest BCUT2D eigenvalue weighted by Crippen LogP contribution is 2.20. The lowest BCUT2D eigenvalue weighted by Crippen LogP contribution is -2.17. The molecule has 108 valence electrons. The highest BCUT2D eigenvalue weighted by atomic mass is 35.5. The summed E-state index contributed by atoms with van der Waals surface area (Å²) in [7, 11) is 0. The molecule has 0 unspecified atom stereocenters. The summed E-state index contributed by atoms with van der Waals surface area (Å²) < 4.78 is 4.55. The summed E-state index contributed by atoms with van der Waals surface area (Å²) in [5.74, 6) is 0.560. The summed E-state index contributed by atoms with van der Waals surface area (Å²) in [6.07, 6.45) is 0. The first-order valence-corrected chi connectivity index (χ1v) is 6.38. The van der Waals surface area contributed by atoms with Crippen molar-refractivity contribution in [3.8, 4) is 11.3 Å². The van der Waals surface area contributed by atoms with Crippen molar-refractivity contribution in [2.45, 2.75) is 26.4 Å². The maximum absolute atomic E-state index is 9.60. The van der Waals surface area contributed by atoms with Crippen LogP contribution >= 0.6 is 11.6 Å². The average Bonchev–Trinajstić information content (AvgIpc) is 2.76. The van der Waals surface area contributed by atoms with Crippen LogP contribution in [0.1, 0.15) is 20.8 Å². The van der Waals surface area contributed by atoms with Crippen LogP contribution in [0.2, 0.25) is 5.02 Å². The standard InChI is InChI=1S/C9H8ClN3.C5H10O2/c10-7-3-1-6(2-4-7)8-5-9(11)13-12-8;1-5(2,3)7-4-6/h1-5H,(H3,11,12,13);4H,1-3H3. The number of carbonyl (C=O) groups is 1.